The fourth-order valence-electron chi connectivity index (χ4n) is 2.98. The number of hydrogen-bond donors (Lipinski definition) is 1. The number of carbonyl (C=O) groups is 1. The molecule has 0 spiro atoms. The second-order valence-electron chi connectivity index (χ2n) is 5.80. The lowest BCUT2D eigenvalue weighted by Crippen LogP contribution is -2.09. The first-order valence-corrected chi connectivity index (χ1v) is 8.05. The summed E-state index contributed by atoms with van der Waals surface area (Å²) in [6.45, 7) is 4.18. The molecule has 1 unspecified atom stereocenters. The van der Waals surface area contributed by atoms with E-state index in [0.717, 1.165) is 41.7 Å². The standard InChI is InChI=1S/C20H24O3/c1-4-14(2)19-16(9-7-10-17(19)20(21)22)13-12-15-8-5-6-11-18(15)23-3/h5-11,14H,4,12-13H2,1-3H3,(H,21,22). The van der Waals surface area contributed by atoms with Gasteiger partial charge in [-0.2, -0.15) is 0 Å². The molecule has 0 bridgehead atoms. The summed E-state index contributed by atoms with van der Waals surface area (Å²) in [5.74, 6) is 0.265. The molecule has 122 valence electrons. The summed E-state index contributed by atoms with van der Waals surface area (Å²) in [5, 5.41) is 9.48. The predicted octanol–water partition coefficient (Wildman–Crippen LogP) is 4.69. The molecule has 0 amide bonds. The van der Waals surface area contributed by atoms with Crippen molar-refractivity contribution in [3.8, 4) is 5.75 Å². The molecule has 0 saturated carbocycles. The normalized spacial score (nSPS) is 12.0. The van der Waals surface area contributed by atoms with Crippen LogP contribution in [0.5, 0.6) is 5.75 Å². The second kappa shape index (κ2) is 7.82. The van der Waals surface area contributed by atoms with Crippen LogP contribution in [0.15, 0.2) is 42.5 Å². The van der Waals surface area contributed by atoms with Gasteiger partial charge in [0.25, 0.3) is 0 Å². The molecule has 23 heavy (non-hydrogen) atoms. The van der Waals surface area contributed by atoms with E-state index in [0.29, 0.717) is 5.56 Å². The van der Waals surface area contributed by atoms with Crippen molar-refractivity contribution in [1.82, 2.24) is 0 Å². The van der Waals surface area contributed by atoms with Gasteiger partial charge in [0.2, 0.25) is 0 Å². The van der Waals surface area contributed by atoms with Gasteiger partial charge in [-0.05, 0) is 54.0 Å². The number of methoxy groups -OCH3 is 1. The van der Waals surface area contributed by atoms with Crippen molar-refractivity contribution < 1.29 is 14.6 Å². The van der Waals surface area contributed by atoms with E-state index in [1.165, 1.54) is 0 Å². The van der Waals surface area contributed by atoms with Crippen molar-refractivity contribution in [2.75, 3.05) is 7.11 Å². The van der Waals surface area contributed by atoms with E-state index in [1.54, 1.807) is 13.2 Å². The lowest BCUT2D eigenvalue weighted by atomic mass is 9.87. The van der Waals surface area contributed by atoms with Gasteiger partial charge in [-0.3, -0.25) is 0 Å². The first-order chi connectivity index (χ1) is 11.1. The van der Waals surface area contributed by atoms with Crippen molar-refractivity contribution in [2.45, 2.75) is 39.0 Å². The number of aromatic carboxylic acids is 1. The van der Waals surface area contributed by atoms with Crippen LogP contribution in [-0.2, 0) is 12.8 Å². The molecular weight excluding hydrogens is 288 g/mol. The second-order valence-corrected chi connectivity index (χ2v) is 5.80. The van der Waals surface area contributed by atoms with Gasteiger partial charge in [0, 0.05) is 0 Å². The molecule has 0 saturated heterocycles. The third-order valence-corrected chi connectivity index (χ3v) is 4.39. The highest BCUT2D eigenvalue weighted by Crippen LogP contribution is 2.29. The summed E-state index contributed by atoms with van der Waals surface area (Å²) in [6.07, 6.45) is 2.56. The average molecular weight is 312 g/mol. The predicted molar refractivity (Wildman–Crippen MR) is 92.5 cm³/mol. The van der Waals surface area contributed by atoms with Crippen LogP contribution in [0.3, 0.4) is 0 Å². The zero-order valence-corrected chi connectivity index (χ0v) is 14.0. The quantitative estimate of drug-likeness (QED) is 0.806. The van der Waals surface area contributed by atoms with Crippen LogP contribution in [-0.4, -0.2) is 18.2 Å². The van der Waals surface area contributed by atoms with E-state index < -0.39 is 5.97 Å². The van der Waals surface area contributed by atoms with Crippen LogP contribution in [0.25, 0.3) is 0 Å². The molecule has 3 heteroatoms. The molecule has 0 heterocycles. The molecule has 0 aliphatic rings. The van der Waals surface area contributed by atoms with Crippen molar-refractivity contribution in [2.24, 2.45) is 0 Å². The SMILES string of the molecule is CCC(C)c1c(CCc2ccccc2OC)cccc1C(=O)O. The molecule has 0 radical (unpaired) electrons. The van der Waals surface area contributed by atoms with E-state index in [9.17, 15) is 9.90 Å². The Morgan fingerprint density at radius 2 is 1.74 bits per heavy atom. The maximum Gasteiger partial charge on any atom is 0.335 e. The van der Waals surface area contributed by atoms with Crippen molar-refractivity contribution in [1.29, 1.82) is 0 Å². The summed E-state index contributed by atoms with van der Waals surface area (Å²) >= 11 is 0. The molecule has 0 fully saturated rings. The minimum Gasteiger partial charge on any atom is -0.496 e. The maximum atomic E-state index is 11.5. The number of aryl methyl sites for hydroxylation is 2. The third kappa shape index (κ3) is 3.92. The van der Waals surface area contributed by atoms with Crippen molar-refractivity contribution >= 4 is 5.97 Å². The number of hydrogen-bond acceptors (Lipinski definition) is 2. The van der Waals surface area contributed by atoms with Gasteiger partial charge in [0.05, 0.1) is 12.7 Å². The molecule has 2 aromatic rings. The highest BCUT2D eigenvalue weighted by atomic mass is 16.5. The van der Waals surface area contributed by atoms with Crippen LogP contribution in [0, 0.1) is 0 Å². The minimum absolute atomic E-state index is 0.231. The zero-order chi connectivity index (χ0) is 16.8. The third-order valence-electron chi connectivity index (χ3n) is 4.39. The Labute approximate surface area is 137 Å². The van der Waals surface area contributed by atoms with E-state index in [1.807, 2.05) is 30.3 Å². The number of para-hydroxylation sites is 1. The average Bonchev–Trinajstić information content (AvgIpc) is 2.58. The number of ether oxygens (including phenoxy) is 1. The Hall–Kier alpha value is -2.29. The van der Waals surface area contributed by atoms with Crippen LogP contribution >= 0.6 is 0 Å². The van der Waals surface area contributed by atoms with E-state index in [2.05, 4.69) is 19.9 Å². The minimum atomic E-state index is -0.848. The number of carboxylic acid groups (broad SMARTS) is 1. The summed E-state index contributed by atoms with van der Waals surface area (Å²) in [7, 11) is 1.68. The van der Waals surface area contributed by atoms with Crippen LogP contribution in [0.2, 0.25) is 0 Å². The van der Waals surface area contributed by atoms with Crippen molar-refractivity contribution in [3.63, 3.8) is 0 Å². The van der Waals surface area contributed by atoms with Gasteiger partial charge < -0.3 is 9.84 Å². The maximum absolute atomic E-state index is 11.5. The summed E-state index contributed by atoms with van der Waals surface area (Å²) in [6, 6.07) is 13.6. The van der Waals surface area contributed by atoms with Crippen LogP contribution < -0.4 is 4.74 Å². The topological polar surface area (TPSA) is 46.5 Å². The lowest BCUT2D eigenvalue weighted by Gasteiger charge is -2.18. The van der Waals surface area contributed by atoms with Crippen molar-refractivity contribution in [3.05, 3.63) is 64.7 Å². The van der Waals surface area contributed by atoms with Gasteiger partial charge >= 0.3 is 5.97 Å². The highest BCUT2D eigenvalue weighted by Gasteiger charge is 2.18. The molecule has 0 aliphatic heterocycles. The Morgan fingerprint density at radius 1 is 1.09 bits per heavy atom. The number of benzene rings is 2. The molecule has 0 aromatic heterocycles. The van der Waals surface area contributed by atoms with Crippen LogP contribution in [0.4, 0.5) is 0 Å². The summed E-state index contributed by atoms with van der Waals surface area (Å²) < 4.78 is 5.40. The smallest absolute Gasteiger partial charge is 0.335 e. The molecule has 1 atom stereocenters. The van der Waals surface area contributed by atoms with Crippen LogP contribution in [0.1, 0.15) is 53.2 Å². The van der Waals surface area contributed by atoms with Gasteiger partial charge in [-0.25, -0.2) is 4.79 Å². The molecule has 2 rings (SSSR count). The fourth-order valence-corrected chi connectivity index (χ4v) is 2.98. The Bertz CT molecular complexity index is 676. The summed E-state index contributed by atoms with van der Waals surface area (Å²) in [4.78, 5) is 11.5. The monoisotopic (exact) mass is 312 g/mol. The first-order valence-electron chi connectivity index (χ1n) is 8.05. The largest absolute Gasteiger partial charge is 0.496 e. The van der Waals surface area contributed by atoms with E-state index in [4.69, 9.17) is 4.74 Å². The number of rotatable bonds is 7. The first kappa shape index (κ1) is 17.1. The Morgan fingerprint density at radius 3 is 2.39 bits per heavy atom. The fraction of sp³-hybridized carbons (Fsp3) is 0.350. The Kier molecular flexibility index (Phi) is 5.80. The van der Waals surface area contributed by atoms with E-state index in [-0.39, 0.29) is 5.92 Å². The van der Waals surface area contributed by atoms with Gasteiger partial charge in [-0.1, -0.05) is 44.2 Å². The molecule has 0 aliphatic carbocycles. The van der Waals surface area contributed by atoms with Gasteiger partial charge in [0.1, 0.15) is 5.75 Å². The summed E-state index contributed by atoms with van der Waals surface area (Å²) in [5.41, 5.74) is 3.66. The highest BCUT2D eigenvalue weighted by molar-refractivity contribution is 5.90. The molecule has 3 nitrogen and oxygen atoms in total. The number of carboxylic acids is 1. The Balaban J connectivity index is 2.32. The van der Waals surface area contributed by atoms with E-state index >= 15 is 0 Å². The molecular formula is C20H24O3. The lowest BCUT2D eigenvalue weighted by molar-refractivity contribution is 0.0695. The zero-order valence-electron chi connectivity index (χ0n) is 14.0. The molecule has 2 aromatic carbocycles. The van der Waals surface area contributed by atoms with Gasteiger partial charge in [0.15, 0.2) is 0 Å². The molecule has 1 N–H and O–H groups in total. The van der Waals surface area contributed by atoms with Gasteiger partial charge in [-0.15, -0.1) is 0 Å².